The van der Waals surface area contributed by atoms with Crippen LogP contribution in [0.25, 0.3) is 0 Å². The third-order valence-electron chi connectivity index (χ3n) is 3.15. The van der Waals surface area contributed by atoms with E-state index >= 15 is 0 Å². The van der Waals surface area contributed by atoms with Gasteiger partial charge in [0.15, 0.2) is 0 Å². The number of piperidine rings is 1. The highest BCUT2D eigenvalue weighted by molar-refractivity contribution is 5.10. The molecule has 0 unspecified atom stereocenters. The Bertz CT molecular complexity index is 316. The van der Waals surface area contributed by atoms with E-state index < -0.39 is 0 Å². The van der Waals surface area contributed by atoms with Gasteiger partial charge < -0.3 is 10.4 Å². The summed E-state index contributed by atoms with van der Waals surface area (Å²) >= 11 is 0. The van der Waals surface area contributed by atoms with Gasteiger partial charge in [0.05, 0.1) is 18.0 Å². The molecule has 0 bridgehead atoms. The van der Waals surface area contributed by atoms with Crippen LogP contribution in [0.3, 0.4) is 0 Å². The molecule has 1 saturated heterocycles. The van der Waals surface area contributed by atoms with E-state index in [4.69, 9.17) is 5.11 Å². The molecular weight excluding hydrogens is 190 g/mol. The Morgan fingerprint density at radius 3 is 2.87 bits per heavy atom. The fourth-order valence-corrected chi connectivity index (χ4v) is 2.20. The minimum Gasteiger partial charge on any atom is -0.390 e. The molecule has 1 fully saturated rings. The van der Waals surface area contributed by atoms with Crippen LogP contribution in [-0.4, -0.2) is 28.0 Å². The molecule has 2 heterocycles. The zero-order chi connectivity index (χ0) is 10.7. The lowest BCUT2D eigenvalue weighted by Gasteiger charge is -2.21. The lowest BCUT2D eigenvalue weighted by atomic mass is 9.93. The average Bonchev–Trinajstić information content (AvgIpc) is 2.60. The van der Waals surface area contributed by atoms with Crippen molar-refractivity contribution in [2.45, 2.75) is 25.9 Å². The van der Waals surface area contributed by atoms with Crippen LogP contribution in [0.5, 0.6) is 0 Å². The van der Waals surface area contributed by atoms with Gasteiger partial charge in [0, 0.05) is 7.05 Å². The normalized spacial score (nSPS) is 18.3. The Kier molecular flexibility index (Phi) is 3.38. The third kappa shape index (κ3) is 2.58. The summed E-state index contributed by atoms with van der Waals surface area (Å²) in [5.41, 5.74) is 2.02. The first-order valence-corrected chi connectivity index (χ1v) is 5.63. The fourth-order valence-electron chi connectivity index (χ4n) is 2.20. The van der Waals surface area contributed by atoms with E-state index in [1.54, 1.807) is 4.68 Å². The predicted octanol–water partition coefficient (Wildman–Crippen LogP) is 0.454. The number of aromatic nitrogens is 2. The summed E-state index contributed by atoms with van der Waals surface area (Å²) in [5, 5.41) is 16.8. The van der Waals surface area contributed by atoms with Crippen molar-refractivity contribution in [1.82, 2.24) is 15.1 Å². The second-order valence-corrected chi connectivity index (χ2v) is 4.31. The highest BCUT2D eigenvalue weighted by Gasteiger charge is 2.15. The van der Waals surface area contributed by atoms with Gasteiger partial charge in [-0.1, -0.05) is 0 Å². The minimum atomic E-state index is 0.0791. The Labute approximate surface area is 90.3 Å². The molecule has 1 aliphatic heterocycles. The molecule has 0 atom stereocenters. The van der Waals surface area contributed by atoms with E-state index in [0.29, 0.717) is 0 Å². The highest BCUT2D eigenvalue weighted by atomic mass is 16.3. The van der Waals surface area contributed by atoms with Gasteiger partial charge in [0.25, 0.3) is 0 Å². The highest BCUT2D eigenvalue weighted by Crippen LogP contribution is 2.17. The Hall–Kier alpha value is -0.870. The van der Waals surface area contributed by atoms with Gasteiger partial charge >= 0.3 is 0 Å². The quantitative estimate of drug-likeness (QED) is 0.760. The van der Waals surface area contributed by atoms with Gasteiger partial charge in [0.2, 0.25) is 0 Å². The second kappa shape index (κ2) is 4.77. The molecule has 0 saturated carbocycles. The molecule has 0 amide bonds. The average molecular weight is 209 g/mol. The summed E-state index contributed by atoms with van der Waals surface area (Å²) < 4.78 is 1.77. The van der Waals surface area contributed by atoms with Gasteiger partial charge in [-0.25, -0.2) is 0 Å². The van der Waals surface area contributed by atoms with Crippen LogP contribution < -0.4 is 5.32 Å². The second-order valence-electron chi connectivity index (χ2n) is 4.31. The SMILES string of the molecule is Cn1nc(CC2CCNCC2)cc1CO. The zero-order valence-corrected chi connectivity index (χ0v) is 9.24. The first kappa shape index (κ1) is 10.6. The number of rotatable bonds is 3. The number of hydrogen-bond acceptors (Lipinski definition) is 3. The molecule has 0 spiro atoms. The number of hydrogen-bond donors (Lipinski definition) is 2. The molecule has 4 heteroatoms. The maximum atomic E-state index is 9.07. The first-order chi connectivity index (χ1) is 7.29. The van der Waals surface area contributed by atoms with Crippen molar-refractivity contribution >= 4 is 0 Å². The molecule has 0 aliphatic carbocycles. The van der Waals surface area contributed by atoms with Crippen molar-refractivity contribution in [2.24, 2.45) is 13.0 Å². The first-order valence-electron chi connectivity index (χ1n) is 5.63. The van der Waals surface area contributed by atoms with Crippen LogP contribution >= 0.6 is 0 Å². The van der Waals surface area contributed by atoms with Crippen molar-refractivity contribution in [1.29, 1.82) is 0 Å². The van der Waals surface area contributed by atoms with Crippen molar-refractivity contribution in [3.05, 3.63) is 17.5 Å². The van der Waals surface area contributed by atoms with Crippen LogP contribution in [0.15, 0.2) is 6.07 Å². The summed E-state index contributed by atoms with van der Waals surface area (Å²) in [6.07, 6.45) is 3.53. The van der Waals surface area contributed by atoms with Gasteiger partial charge in [-0.2, -0.15) is 5.10 Å². The van der Waals surface area contributed by atoms with Crippen LogP contribution in [0, 0.1) is 5.92 Å². The monoisotopic (exact) mass is 209 g/mol. The molecule has 1 aromatic rings. The maximum Gasteiger partial charge on any atom is 0.0849 e. The van der Waals surface area contributed by atoms with Crippen LogP contribution in [-0.2, 0) is 20.1 Å². The van der Waals surface area contributed by atoms with Crippen molar-refractivity contribution in [2.75, 3.05) is 13.1 Å². The molecule has 0 aromatic carbocycles. The van der Waals surface area contributed by atoms with Gasteiger partial charge in [-0.15, -0.1) is 0 Å². The van der Waals surface area contributed by atoms with Gasteiger partial charge in [0.1, 0.15) is 0 Å². The number of aliphatic hydroxyl groups excluding tert-OH is 1. The Morgan fingerprint density at radius 2 is 2.27 bits per heavy atom. The van der Waals surface area contributed by atoms with Crippen molar-refractivity contribution < 1.29 is 5.11 Å². The summed E-state index contributed by atoms with van der Waals surface area (Å²) in [6.45, 7) is 2.34. The fraction of sp³-hybridized carbons (Fsp3) is 0.727. The summed E-state index contributed by atoms with van der Waals surface area (Å²) in [7, 11) is 1.89. The summed E-state index contributed by atoms with van der Waals surface area (Å²) in [5.74, 6) is 0.757. The smallest absolute Gasteiger partial charge is 0.0849 e. The van der Waals surface area contributed by atoms with E-state index in [1.807, 2.05) is 13.1 Å². The zero-order valence-electron chi connectivity index (χ0n) is 9.24. The Balaban J connectivity index is 1.97. The molecular formula is C11H19N3O. The van der Waals surface area contributed by atoms with E-state index in [1.165, 1.54) is 12.8 Å². The molecule has 0 radical (unpaired) electrons. The molecule has 2 rings (SSSR count). The lowest BCUT2D eigenvalue weighted by Crippen LogP contribution is -2.28. The van der Waals surface area contributed by atoms with E-state index in [-0.39, 0.29) is 6.61 Å². The van der Waals surface area contributed by atoms with Crippen LogP contribution in [0.1, 0.15) is 24.2 Å². The van der Waals surface area contributed by atoms with Crippen molar-refractivity contribution in [3.8, 4) is 0 Å². The molecule has 4 nitrogen and oxygen atoms in total. The lowest BCUT2D eigenvalue weighted by molar-refractivity contribution is 0.270. The molecule has 1 aromatic heterocycles. The number of aliphatic hydroxyl groups is 1. The largest absolute Gasteiger partial charge is 0.390 e. The van der Waals surface area contributed by atoms with Crippen LogP contribution in [0.2, 0.25) is 0 Å². The topological polar surface area (TPSA) is 50.1 Å². The van der Waals surface area contributed by atoms with Crippen molar-refractivity contribution in [3.63, 3.8) is 0 Å². The maximum absolute atomic E-state index is 9.07. The molecule has 2 N–H and O–H groups in total. The van der Waals surface area contributed by atoms with E-state index in [0.717, 1.165) is 36.8 Å². The summed E-state index contributed by atoms with van der Waals surface area (Å²) in [6, 6.07) is 2.02. The van der Waals surface area contributed by atoms with Gasteiger partial charge in [-0.3, -0.25) is 4.68 Å². The predicted molar refractivity (Wildman–Crippen MR) is 58.4 cm³/mol. The summed E-state index contributed by atoms with van der Waals surface area (Å²) in [4.78, 5) is 0. The number of nitrogens with zero attached hydrogens (tertiary/aromatic N) is 2. The third-order valence-corrected chi connectivity index (χ3v) is 3.15. The molecule has 84 valence electrons. The molecule has 15 heavy (non-hydrogen) atoms. The number of aryl methyl sites for hydroxylation is 1. The number of nitrogens with one attached hydrogen (secondary N) is 1. The van der Waals surface area contributed by atoms with E-state index in [2.05, 4.69) is 10.4 Å². The van der Waals surface area contributed by atoms with E-state index in [9.17, 15) is 0 Å². The molecule has 1 aliphatic rings. The van der Waals surface area contributed by atoms with Crippen LogP contribution in [0.4, 0.5) is 0 Å². The Morgan fingerprint density at radius 1 is 1.53 bits per heavy atom. The van der Waals surface area contributed by atoms with Gasteiger partial charge in [-0.05, 0) is 44.3 Å². The minimum absolute atomic E-state index is 0.0791. The standard InChI is InChI=1S/C11H19N3O/c1-14-11(8-15)7-10(13-14)6-9-2-4-12-5-3-9/h7,9,12,15H,2-6,8H2,1H3.